The third-order valence-electron chi connectivity index (χ3n) is 4.17. The highest BCUT2D eigenvalue weighted by Gasteiger charge is 2.50. The van der Waals surface area contributed by atoms with Gasteiger partial charge < -0.3 is 5.11 Å². The first-order valence-electron chi connectivity index (χ1n) is 9.29. The molecule has 0 radical (unpaired) electrons. The van der Waals surface area contributed by atoms with Gasteiger partial charge in [0.25, 0.3) is 5.60 Å². The molecule has 0 saturated heterocycles. The van der Waals surface area contributed by atoms with E-state index in [1.54, 1.807) is 84.9 Å². The van der Waals surface area contributed by atoms with Gasteiger partial charge in [0, 0.05) is 16.7 Å². The maximum absolute atomic E-state index is 15.0. The van der Waals surface area contributed by atoms with Crippen LogP contribution in [0.25, 0.3) is 0 Å². The van der Waals surface area contributed by atoms with E-state index in [-0.39, 0.29) is 0 Å². The van der Waals surface area contributed by atoms with Crippen LogP contribution < -0.4 is 0 Å². The van der Waals surface area contributed by atoms with Gasteiger partial charge in [-0.3, -0.25) is 0 Å². The van der Waals surface area contributed by atoms with Crippen molar-refractivity contribution >= 4 is 0 Å². The Labute approximate surface area is 175 Å². The lowest BCUT2D eigenvalue weighted by Crippen LogP contribution is -2.45. The van der Waals surface area contributed by atoms with Crippen LogP contribution in [0.3, 0.4) is 0 Å². The lowest BCUT2D eigenvalue weighted by atomic mass is 9.93. The number of alkyl halides is 2. The Morgan fingerprint density at radius 2 is 0.967 bits per heavy atom. The van der Waals surface area contributed by atoms with Crippen molar-refractivity contribution in [3.63, 3.8) is 0 Å². The summed E-state index contributed by atoms with van der Waals surface area (Å²) in [6, 6.07) is 26.0. The lowest BCUT2D eigenvalue weighted by Gasteiger charge is -2.25. The molecule has 146 valence electrons. The summed E-state index contributed by atoms with van der Waals surface area (Å²) in [6.07, 6.45) is -0.884. The van der Waals surface area contributed by atoms with Crippen molar-refractivity contribution in [2.75, 3.05) is 0 Å². The molecule has 3 aromatic carbocycles. The van der Waals surface area contributed by atoms with E-state index >= 15 is 8.78 Å². The normalized spacial score (nSPS) is 10.5. The second-order valence-electron chi connectivity index (χ2n) is 6.49. The van der Waals surface area contributed by atoms with Gasteiger partial charge in [-0.1, -0.05) is 78.3 Å². The molecule has 0 spiro atoms. The Morgan fingerprint density at radius 1 is 0.600 bits per heavy atom. The Morgan fingerprint density at radius 3 is 1.37 bits per heavy atom. The van der Waals surface area contributed by atoms with E-state index in [1.165, 1.54) is 0 Å². The molecule has 3 rings (SSSR count). The molecule has 0 aliphatic rings. The minimum absolute atomic E-state index is 0.503. The summed E-state index contributed by atoms with van der Waals surface area (Å²) in [5.41, 5.74) is -1.24. The van der Waals surface area contributed by atoms with E-state index in [1.807, 2.05) is 6.07 Å². The minimum atomic E-state index is -3.67. The zero-order chi connectivity index (χ0) is 21.3. The van der Waals surface area contributed by atoms with Crippen molar-refractivity contribution in [3.8, 4) is 35.5 Å². The molecule has 0 unspecified atom stereocenters. The number of rotatable bonds is 2. The van der Waals surface area contributed by atoms with Crippen LogP contribution in [0.4, 0.5) is 8.78 Å². The van der Waals surface area contributed by atoms with Crippen LogP contribution in [-0.4, -0.2) is 16.6 Å². The average molecular weight is 396 g/mol. The third-order valence-corrected chi connectivity index (χ3v) is 4.17. The molecule has 0 aromatic heterocycles. The van der Waals surface area contributed by atoms with Gasteiger partial charge in [0.05, 0.1) is 6.42 Å². The van der Waals surface area contributed by atoms with E-state index in [0.717, 1.165) is 0 Å². The van der Waals surface area contributed by atoms with E-state index < -0.39 is 17.9 Å². The van der Waals surface area contributed by atoms with E-state index in [2.05, 4.69) is 35.5 Å². The Balaban J connectivity index is 1.94. The predicted octanol–water partition coefficient (Wildman–Crippen LogP) is 4.90. The second-order valence-corrected chi connectivity index (χ2v) is 6.49. The molecule has 0 heterocycles. The Hall–Kier alpha value is -3.84. The molecule has 1 nitrogen and oxygen atoms in total. The Kier molecular flexibility index (Phi) is 6.67. The van der Waals surface area contributed by atoms with E-state index in [0.29, 0.717) is 16.7 Å². The zero-order valence-corrected chi connectivity index (χ0v) is 16.1. The zero-order valence-electron chi connectivity index (χ0n) is 16.1. The molecule has 0 fully saturated rings. The van der Waals surface area contributed by atoms with Gasteiger partial charge in [-0.05, 0) is 48.2 Å². The number of halogens is 2. The van der Waals surface area contributed by atoms with Crippen molar-refractivity contribution in [1.82, 2.24) is 0 Å². The summed E-state index contributed by atoms with van der Waals surface area (Å²) in [4.78, 5) is 0. The van der Waals surface area contributed by atoms with E-state index in [9.17, 15) is 5.11 Å². The predicted molar refractivity (Wildman–Crippen MR) is 114 cm³/mol. The monoisotopic (exact) mass is 396 g/mol. The summed E-state index contributed by atoms with van der Waals surface area (Å²) < 4.78 is 30.0. The molecule has 0 aliphatic heterocycles. The molecule has 1 N–H and O–H groups in total. The molecule has 0 saturated carbocycles. The van der Waals surface area contributed by atoms with Gasteiger partial charge >= 0.3 is 5.92 Å². The van der Waals surface area contributed by atoms with Crippen molar-refractivity contribution < 1.29 is 13.9 Å². The Bertz CT molecular complexity index is 1090. The van der Waals surface area contributed by atoms with Crippen molar-refractivity contribution in [3.05, 3.63) is 108 Å². The lowest BCUT2D eigenvalue weighted by molar-refractivity contribution is -0.114. The second kappa shape index (κ2) is 9.58. The van der Waals surface area contributed by atoms with Gasteiger partial charge in [-0.15, -0.1) is 0 Å². The van der Waals surface area contributed by atoms with Crippen LogP contribution in [0, 0.1) is 35.5 Å². The smallest absolute Gasteiger partial charge is 0.309 e. The summed E-state index contributed by atoms with van der Waals surface area (Å²) in [7, 11) is 0. The molecule has 0 atom stereocenters. The number of hydrogen-bond acceptors (Lipinski definition) is 1. The minimum Gasteiger partial charge on any atom is -0.362 e. The fourth-order valence-corrected chi connectivity index (χ4v) is 2.49. The topological polar surface area (TPSA) is 20.2 Å². The first-order chi connectivity index (χ1) is 14.5. The fourth-order valence-electron chi connectivity index (χ4n) is 2.49. The highest BCUT2D eigenvalue weighted by molar-refractivity contribution is 5.46. The van der Waals surface area contributed by atoms with E-state index in [4.69, 9.17) is 0 Å². The van der Waals surface area contributed by atoms with Crippen LogP contribution in [0.1, 0.15) is 23.1 Å². The molecular formula is C27H18F2O. The SMILES string of the molecule is OC(C#Cc1ccccc1)(C#Cc1ccccc1)C(F)(F)CC#Cc1ccccc1. The quantitative estimate of drug-likeness (QED) is 0.611. The van der Waals surface area contributed by atoms with Crippen LogP contribution >= 0.6 is 0 Å². The highest BCUT2D eigenvalue weighted by Crippen LogP contribution is 2.31. The molecule has 0 amide bonds. The molecule has 0 aliphatic carbocycles. The number of hydrogen-bond donors (Lipinski definition) is 1. The summed E-state index contributed by atoms with van der Waals surface area (Å²) in [5, 5.41) is 10.8. The maximum Gasteiger partial charge on any atom is 0.309 e. The van der Waals surface area contributed by atoms with Crippen molar-refractivity contribution in [1.29, 1.82) is 0 Å². The first kappa shape index (κ1) is 20.9. The molecular weight excluding hydrogens is 378 g/mol. The van der Waals surface area contributed by atoms with Crippen LogP contribution in [0.5, 0.6) is 0 Å². The largest absolute Gasteiger partial charge is 0.362 e. The third kappa shape index (κ3) is 5.59. The van der Waals surface area contributed by atoms with Crippen molar-refractivity contribution in [2.45, 2.75) is 17.9 Å². The van der Waals surface area contributed by atoms with Gasteiger partial charge in [-0.25, -0.2) is 8.78 Å². The van der Waals surface area contributed by atoms with Crippen LogP contribution in [-0.2, 0) is 0 Å². The molecule has 30 heavy (non-hydrogen) atoms. The fraction of sp³-hybridized carbons (Fsp3) is 0.111. The van der Waals surface area contributed by atoms with Crippen LogP contribution in [0.15, 0.2) is 91.0 Å². The molecule has 0 bridgehead atoms. The number of aliphatic hydroxyl groups is 1. The first-order valence-corrected chi connectivity index (χ1v) is 9.29. The standard InChI is InChI=1S/C27H18F2O/c28-27(29,20-10-17-23-11-4-1-5-12-23)26(30,21-18-24-13-6-2-7-14-24)22-19-25-15-8-3-9-16-25/h1-9,11-16,30H,20H2. The van der Waals surface area contributed by atoms with Gasteiger partial charge in [0.2, 0.25) is 0 Å². The summed E-state index contributed by atoms with van der Waals surface area (Å²) >= 11 is 0. The van der Waals surface area contributed by atoms with Crippen LogP contribution in [0.2, 0.25) is 0 Å². The number of benzene rings is 3. The van der Waals surface area contributed by atoms with Gasteiger partial charge in [0.1, 0.15) is 0 Å². The highest BCUT2D eigenvalue weighted by atomic mass is 19.3. The summed E-state index contributed by atoms with van der Waals surface area (Å²) in [6.45, 7) is 0. The van der Waals surface area contributed by atoms with Gasteiger partial charge in [-0.2, -0.15) is 0 Å². The van der Waals surface area contributed by atoms with Crippen molar-refractivity contribution in [2.24, 2.45) is 0 Å². The molecule has 3 heteroatoms. The average Bonchev–Trinajstić information content (AvgIpc) is 2.78. The molecule has 3 aromatic rings. The van der Waals surface area contributed by atoms with Gasteiger partial charge in [0.15, 0.2) is 0 Å². The summed E-state index contributed by atoms with van der Waals surface area (Å²) in [5.74, 6) is 11.2. The maximum atomic E-state index is 15.0.